The van der Waals surface area contributed by atoms with Crippen molar-refractivity contribution >= 4 is 22.7 Å². The Labute approximate surface area is 196 Å². The summed E-state index contributed by atoms with van der Waals surface area (Å²) in [5.41, 5.74) is 13.2. The molecule has 7 heteroatoms. The van der Waals surface area contributed by atoms with Gasteiger partial charge in [0.05, 0.1) is 24.6 Å². The Bertz CT molecular complexity index is 1480. The maximum absolute atomic E-state index is 13.0. The lowest BCUT2D eigenvalue weighted by Crippen LogP contribution is -2.40. The minimum atomic E-state index is -0.474. The highest BCUT2D eigenvalue weighted by Crippen LogP contribution is 2.39. The minimum absolute atomic E-state index is 0.00185. The van der Waals surface area contributed by atoms with Crippen LogP contribution in [0.4, 0.5) is 0 Å². The first-order valence-corrected chi connectivity index (χ1v) is 11.4. The molecule has 3 heterocycles. The zero-order valence-corrected chi connectivity index (χ0v) is 18.9. The van der Waals surface area contributed by atoms with E-state index in [2.05, 4.69) is 22.8 Å². The number of ether oxygens (including phenoxy) is 1. The van der Waals surface area contributed by atoms with Crippen molar-refractivity contribution in [1.29, 1.82) is 0 Å². The van der Waals surface area contributed by atoms with Crippen LogP contribution in [0.2, 0.25) is 0 Å². The van der Waals surface area contributed by atoms with Crippen molar-refractivity contribution in [2.75, 3.05) is 26.3 Å². The molecule has 6 rings (SSSR count). The molecule has 0 spiro atoms. The zero-order chi connectivity index (χ0) is 23.4. The Morgan fingerprint density at radius 3 is 2.65 bits per heavy atom. The van der Waals surface area contributed by atoms with Crippen LogP contribution < -0.4 is 5.73 Å². The highest BCUT2D eigenvalue weighted by atomic mass is 16.5. The second kappa shape index (κ2) is 7.81. The summed E-state index contributed by atoms with van der Waals surface area (Å²) in [4.78, 5) is 32.2. The largest absolute Gasteiger partial charge is 0.378 e. The number of primary amides is 1. The lowest BCUT2D eigenvalue weighted by molar-refractivity contribution is 0.0303. The summed E-state index contributed by atoms with van der Waals surface area (Å²) in [6.45, 7) is 2.31. The fourth-order valence-electron chi connectivity index (χ4n) is 5.03. The number of aryl methyl sites for hydroxylation is 1. The maximum Gasteiger partial charge on any atom is 0.254 e. The average Bonchev–Trinajstić information content (AvgIpc) is 3.42. The number of amides is 2. The lowest BCUT2D eigenvalue weighted by atomic mass is 10.0. The minimum Gasteiger partial charge on any atom is -0.378 e. The normalized spacial score (nSPS) is 14.8. The summed E-state index contributed by atoms with van der Waals surface area (Å²) >= 11 is 0. The van der Waals surface area contributed by atoms with Gasteiger partial charge in [-0.1, -0.05) is 12.1 Å². The molecule has 170 valence electrons. The van der Waals surface area contributed by atoms with Gasteiger partial charge in [0.25, 0.3) is 5.91 Å². The Morgan fingerprint density at radius 1 is 1.03 bits per heavy atom. The van der Waals surface area contributed by atoms with Gasteiger partial charge in [-0.15, -0.1) is 0 Å². The average molecular weight is 453 g/mol. The molecule has 0 radical (unpaired) electrons. The third-order valence-electron chi connectivity index (χ3n) is 6.84. The second-order valence-corrected chi connectivity index (χ2v) is 8.90. The van der Waals surface area contributed by atoms with Crippen molar-refractivity contribution in [3.63, 3.8) is 0 Å². The quantitative estimate of drug-likeness (QED) is 0.454. The first kappa shape index (κ1) is 20.6. The van der Waals surface area contributed by atoms with E-state index in [1.807, 2.05) is 42.4 Å². The molecule has 4 aromatic rings. The monoisotopic (exact) mass is 452 g/mol. The molecule has 0 saturated carbocycles. The number of nitrogens with two attached hydrogens (primary N) is 1. The molecule has 2 aromatic carbocycles. The van der Waals surface area contributed by atoms with E-state index < -0.39 is 5.91 Å². The Balaban J connectivity index is 1.42. The summed E-state index contributed by atoms with van der Waals surface area (Å²) in [6, 6.07) is 15.7. The van der Waals surface area contributed by atoms with Crippen molar-refractivity contribution in [2.24, 2.45) is 12.8 Å². The number of hydrogen-bond donors (Lipinski definition) is 1. The fourth-order valence-corrected chi connectivity index (χ4v) is 5.03. The summed E-state index contributed by atoms with van der Waals surface area (Å²) in [5, 5.41) is 1.11. The van der Waals surface area contributed by atoms with E-state index in [0.29, 0.717) is 49.5 Å². The number of fused-ring (bicyclic) bond motifs is 4. The van der Waals surface area contributed by atoms with Crippen LogP contribution in [0, 0.1) is 0 Å². The Morgan fingerprint density at radius 2 is 1.85 bits per heavy atom. The van der Waals surface area contributed by atoms with Gasteiger partial charge in [0, 0.05) is 65.9 Å². The first-order chi connectivity index (χ1) is 16.5. The molecule has 0 unspecified atom stereocenters. The number of morpholine rings is 1. The number of benzene rings is 2. The molecule has 0 bridgehead atoms. The van der Waals surface area contributed by atoms with E-state index in [-0.39, 0.29) is 5.91 Å². The number of hydrogen-bond acceptors (Lipinski definition) is 4. The molecular weight excluding hydrogens is 428 g/mol. The van der Waals surface area contributed by atoms with Gasteiger partial charge in [-0.25, -0.2) is 4.98 Å². The van der Waals surface area contributed by atoms with Crippen LogP contribution in [-0.4, -0.2) is 52.6 Å². The summed E-state index contributed by atoms with van der Waals surface area (Å²) in [6.07, 6.45) is 2.55. The van der Waals surface area contributed by atoms with Crippen molar-refractivity contribution < 1.29 is 14.3 Å². The molecule has 7 nitrogen and oxygen atoms in total. The van der Waals surface area contributed by atoms with Gasteiger partial charge in [0.2, 0.25) is 5.91 Å². The highest BCUT2D eigenvalue weighted by Gasteiger charge is 2.28. The van der Waals surface area contributed by atoms with Crippen LogP contribution in [0.25, 0.3) is 33.4 Å². The van der Waals surface area contributed by atoms with Crippen LogP contribution in [0.15, 0.2) is 54.7 Å². The van der Waals surface area contributed by atoms with Crippen LogP contribution in [-0.2, 0) is 18.2 Å². The molecule has 2 N–H and O–H groups in total. The van der Waals surface area contributed by atoms with Gasteiger partial charge in [-0.3, -0.25) is 9.59 Å². The summed E-state index contributed by atoms with van der Waals surface area (Å²) in [5.74, 6) is -0.472. The van der Waals surface area contributed by atoms with Gasteiger partial charge in [-0.05, 0) is 47.5 Å². The van der Waals surface area contributed by atoms with Crippen molar-refractivity contribution in [1.82, 2.24) is 14.5 Å². The lowest BCUT2D eigenvalue weighted by Gasteiger charge is -2.27. The molecule has 1 aliphatic heterocycles. The van der Waals surface area contributed by atoms with Gasteiger partial charge < -0.3 is 19.9 Å². The fraction of sp³-hybridized carbons (Fsp3) is 0.222. The van der Waals surface area contributed by atoms with Crippen molar-refractivity contribution in [3.8, 4) is 22.5 Å². The number of carbonyl (C=O) groups is 2. The molecule has 2 aromatic heterocycles. The second-order valence-electron chi connectivity index (χ2n) is 8.90. The predicted octanol–water partition coefficient (Wildman–Crippen LogP) is 3.38. The number of carbonyl (C=O) groups excluding carboxylic acids is 2. The van der Waals surface area contributed by atoms with Crippen LogP contribution in [0.3, 0.4) is 0 Å². The van der Waals surface area contributed by atoms with Gasteiger partial charge in [0.15, 0.2) is 0 Å². The standard InChI is InChI=1S/C27H24N4O3/c1-30-7-6-17-12-16(3-5-24(17)30)23-15-22(26(28)32)21-14-19-13-18(2-4-20(19)25(21)29-23)27(33)31-8-10-34-11-9-31/h2-7,12-13,15H,8-11,14H2,1H3,(H2,28,32). The zero-order valence-electron chi connectivity index (χ0n) is 18.9. The third kappa shape index (κ3) is 3.28. The van der Waals surface area contributed by atoms with E-state index in [0.717, 1.165) is 38.9 Å². The molecular formula is C27H24N4O3. The maximum atomic E-state index is 13.0. The molecule has 0 atom stereocenters. The summed E-state index contributed by atoms with van der Waals surface area (Å²) in [7, 11) is 2.01. The van der Waals surface area contributed by atoms with E-state index >= 15 is 0 Å². The SMILES string of the molecule is Cn1ccc2cc(-c3cc(C(N)=O)c4c(n3)-c3ccc(C(=O)N5CCOCC5)cc3C4)ccc21. The number of pyridine rings is 1. The van der Waals surface area contributed by atoms with E-state index in [9.17, 15) is 9.59 Å². The number of nitrogens with zero attached hydrogens (tertiary/aromatic N) is 3. The van der Waals surface area contributed by atoms with Gasteiger partial charge >= 0.3 is 0 Å². The third-order valence-corrected chi connectivity index (χ3v) is 6.84. The predicted molar refractivity (Wildman–Crippen MR) is 130 cm³/mol. The van der Waals surface area contributed by atoms with E-state index in [1.165, 1.54) is 0 Å². The molecule has 1 saturated heterocycles. The van der Waals surface area contributed by atoms with Crippen LogP contribution >= 0.6 is 0 Å². The first-order valence-electron chi connectivity index (χ1n) is 11.4. The van der Waals surface area contributed by atoms with E-state index in [4.69, 9.17) is 15.5 Å². The van der Waals surface area contributed by atoms with Crippen LogP contribution in [0.1, 0.15) is 31.8 Å². The van der Waals surface area contributed by atoms with Crippen molar-refractivity contribution in [3.05, 3.63) is 77.0 Å². The molecule has 1 aliphatic carbocycles. The van der Waals surface area contributed by atoms with Crippen LogP contribution in [0.5, 0.6) is 0 Å². The molecule has 34 heavy (non-hydrogen) atoms. The number of rotatable bonds is 3. The Hall–Kier alpha value is -3.97. The molecule has 2 aliphatic rings. The van der Waals surface area contributed by atoms with Crippen molar-refractivity contribution in [2.45, 2.75) is 6.42 Å². The molecule has 2 amide bonds. The Kier molecular flexibility index (Phi) is 4.74. The topological polar surface area (TPSA) is 90.4 Å². The van der Waals surface area contributed by atoms with E-state index in [1.54, 1.807) is 6.07 Å². The highest BCUT2D eigenvalue weighted by molar-refractivity contribution is 6.00. The summed E-state index contributed by atoms with van der Waals surface area (Å²) < 4.78 is 7.43. The van der Waals surface area contributed by atoms with Gasteiger partial charge in [0.1, 0.15) is 0 Å². The van der Waals surface area contributed by atoms with Gasteiger partial charge in [-0.2, -0.15) is 0 Å². The molecule has 1 fully saturated rings. The number of aromatic nitrogens is 2. The smallest absolute Gasteiger partial charge is 0.254 e.